The minimum absolute atomic E-state index is 0.129. The van der Waals surface area contributed by atoms with Crippen molar-refractivity contribution < 1.29 is 4.79 Å². The van der Waals surface area contributed by atoms with Gasteiger partial charge in [-0.2, -0.15) is 0 Å². The van der Waals surface area contributed by atoms with Crippen molar-refractivity contribution in [2.75, 3.05) is 11.1 Å². The lowest BCUT2D eigenvalue weighted by Crippen LogP contribution is -2.15. The molecule has 0 unspecified atom stereocenters. The van der Waals surface area contributed by atoms with Gasteiger partial charge in [0.25, 0.3) is 0 Å². The van der Waals surface area contributed by atoms with E-state index in [2.05, 4.69) is 40.9 Å². The Hall–Kier alpha value is -1.24. The Kier molecular flexibility index (Phi) is 6.95. The predicted molar refractivity (Wildman–Crippen MR) is 100 cm³/mol. The van der Waals surface area contributed by atoms with Crippen LogP contribution in [0.25, 0.3) is 0 Å². The molecule has 0 fully saturated rings. The lowest BCUT2D eigenvalue weighted by Gasteiger charge is -2.10. The number of anilines is 1. The number of carbonyl (C=O) groups excluding carboxylic acids is 1. The molecule has 1 heterocycles. The molecule has 1 aromatic carbocycles. The van der Waals surface area contributed by atoms with Crippen molar-refractivity contribution in [2.45, 2.75) is 44.8 Å². The molecule has 24 heavy (non-hydrogen) atoms. The lowest BCUT2D eigenvalue weighted by atomic mass is 10.2. The van der Waals surface area contributed by atoms with Crippen LogP contribution in [0, 0.1) is 0 Å². The number of benzene rings is 1. The van der Waals surface area contributed by atoms with Crippen molar-refractivity contribution in [1.29, 1.82) is 0 Å². The molecular formula is C16H20Cl2N4OS. The minimum atomic E-state index is -0.129. The van der Waals surface area contributed by atoms with E-state index < -0.39 is 0 Å². The zero-order valence-electron chi connectivity index (χ0n) is 13.8. The summed E-state index contributed by atoms with van der Waals surface area (Å²) < 4.78 is 2.09. The van der Waals surface area contributed by atoms with Gasteiger partial charge < -0.3 is 9.88 Å². The zero-order valence-corrected chi connectivity index (χ0v) is 16.2. The maximum atomic E-state index is 12.1. The molecule has 0 saturated carbocycles. The SMILES string of the molecule is CCCn1c(SCC(=O)Nc2ccc(Cl)c(Cl)c2)nnc1C(C)C. The number of hydrogen-bond acceptors (Lipinski definition) is 4. The molecule has 1 amide bonds. The summed E-state index contributed by atoms with van der Waals surface area (Å²) in [7, 11) is 0. The highest BCUT2D eigenvalue weighted by atomic mass is 35.5. The Morgan fingerprint density at radius 3 is 2.67 bits per heavy atom. The summed E-state index contributed by atoms with van der Waals surface area (Å²) in [4.78, 5) is 12.1. The number of aromatic nitrogens is 3. The molecule has 2 aromatic rings. The van der Waals surface area contributed by atoms with E-state index in [1.165, 1.54) is 11.8 Å². The monoisotopic (exact) mass is 386 g/mol. The van der Waals surface area contributed by atoms with E-state index in [1.807, 2.05) is 0 Å². The van der Waals surface area contributed by atoms with Crippen molar-refractivity contribution >= 4 is 46.6 Å². The predicted octanol–water partition coefficient (Wildman–Crippen LogP) is 4.85. The maximum absolute atomic E-state index is 12.1. The second kappa shape index (κ2) is 8.74. The van der Waals surface area contributed by atoms with Gasteiger partial charge in [-0.25, -0.2) is 0 Å². The Labute approximate surface area is 156 Å². The van der Waals surface area contributed by atoms with E-state index >= 15 is 0 Å². The van der Waals surface area contributed by atoms with Gasteiger partial charge in [-0.15, -0.1) is 10.2 Å². The van der Waals surface area contributed by atoms with Crippen LogP contribution in [-0.2, 0) is 11.3 Å². The summed E-state index contributed by atoms with van der Waals surface area (Å²) in [6.45, 7) is 7.12. The second-order valence-corrected chi connectivity index (χ2v) is 7.37. The molecule has 0 aliphatic rings. The van der Waals surface area contributed by atoms with E-state index in [4.69, 9.17) is 23.2 Å². The van der Waals surface area contributed by atoms with E-state index in [0.717, 1.165) is 23.9 Å². The van der Waals surface area contributed by atoms with Crippen LogP contribution in [0.2, 0.25) is 10.0 Å². The Morgan fingerprint density at radius 2 is 2.04 bits per heavy atom. The first-order valence-electron chi connectivity index (χ1n) is 7.73. The molecule has 8 heteroatoms. The number of nitrogens with zero attached hydrogens (tertiary/aromatic N) is 3. The number of nitrogens with one attached hydrogen (secondary N) is 1. The van der Waals surface area contributed by atoms with Crippen LogP contribution >= 0.6 is 35.0 Å². The lowest BCUT2D eigenvalue weighted by molar-refractivity contribution is -0.113. The third-order valence-corrected chi connectivity index (χ3v) is 4.95. The largest absolute Gasteiger partial charge is 0.325 e. The highest BCUT2D eigenvalue weighted by molar-refractivity contribution is 7.99. The van der Waals surface area contributed by atoms with E-state index in [0.29, 0.717) is 21.7 Å². The van der Waals surface area contributed by atoms with Gasteiger partial charge >= 0.3 is 0 Å². The van der Waals surface area contributed by atoms with Gasteiger partial charge in [-0.3, -0.25) is 4.79 Å². The average Bonchev–Trinajstić information content (AvgIpc) is 2.92. The topological polar surface area (TPSA) is 59.8 Å². The number of rotatable bonds is 7. The summed E-state index contributed by atoms with van der Waals surface area (Å²) in [5.74, 6) is 1.36. The van der Waals surface area contributed by atoms with Crippen molar-refractivity contribution in [1.82, 2.24) is 14.8 Å². The summed E-state index contributed by atoms with van der Waals surface area (Å²) in [6, 6.07) is 5.00. The van der Waals surface area contributed by atoms with Crippen molar-refractivity contribution in [2.24, 2.45) is 0 Å². The number of halogens is 2. The molecule has 130 valence electrons. The van der Waals surface area contributed by atoms with Crippen molar-refractivity contribution in [3.05, 3.63) is 34.1 Å². The quantitative estimate of drug-likeness (QED) is 0.690. The molecule has 0 atom stereocenters. The zero-order chi connectivity index (χ0) is 17.7. The molecule has 5 nitrogen and oxygen atoms in total. The van der Waals surface area contributed by atoms with Gasteiger partial charge in [0, 0.05) is 18.2 Å². The molecule has 0 aliphatic heterocycles. The second-order valence-electron chi connectivity index (χ2n) is 5.61. The third-order valence-electron chi connectivity index (χ3n) is 3.24. The van der Waals surface area contributed by atoms with Crippen molar-refractivity contribution in [3.8, 4) is 0 Å². The van der Waals surface area contributed by atoms with Crippen molar-refractivity contribution in [3.63, 3.8) is 0 Å². The standard InChI is InChI=1S/C16H20Cl2N4OS/c1-4-7-22-15(10(2)3)20-21-16(22)24-9-14(23)19-11-5-6-12(17)13(18)8-11/h5-6,8,10H,4,7,9H2,1-3H3,(H,19,23). The highest BCUT2D eigenvalue weighted by Crippen LogP contribution is 2.26. The Morgan fingerprint density at radius 1 is 1.29 bits per heavy atom. The molecule has 1 aromatic heterocycles. The summed E-state index contributed by atoms with van der Waals surface area (Å²) in [5, 5.41) is 12.9. The fraction of sp³-hybridized carbons (Fsp3) is 0.438. The fourth-order valence-corrected chi connectivity index (χ4v) is 3.24. The van der Waals surface area contributed by atoms with Gasteiger partial charge in [-0.1, -0.05) is 55.7 Å². The first-order valence-corrected chi connectivity index (χ1v) is 9.47. The minimum Gasteiger partial charge on any atom is -0.325 e. The molecule has 0 radical (unpaired) electrons. The number of amides is 1. The molecule has 0 spiro atoms. The molecule has 0 aliphatic carbocycles. The molecule has 0 saturated heterocycles. The summed E-state index contributed by atoms with van der Waals surface area (Å²) in [6.07, 6.45) is 0.987. The van der Waals surface area contributed by atoms with E-state index in [-0.39, 0.29) is 11.7 Å². The van der Waals surface area contributed by atoms with Gasteiger partial charge in [0.1, 0.15) is 5.82 Å². The molecular weight excluding hydrogens is 367 g/mol. The van der Waals surface area contributed by atoms with Gasteiger partial charge in [0.15, 0.2) is 5.16 Å². The number of carbonyl (C=O) groups is 1. The van der Waals surface area contributed by atoms with Crippen LogP contribution in [0.5, 0.6) is 0 Å². The highest BCUT2D eigenvalue weighted by Gasteiger charge is 2.16. The normalized spacial score (nSPS) is 11.1. The first kappa shape index (κ1) is 19.1. The molecule has 0 bridgehead atoms. The van der Waals surface area contributed by atoms with Gasteiger partial charge in [-0.05, 0) is 24.6 Å². The van der Waals surface area contributed by atoms with Gasteiger partial charge in [0.05, 0.1) is 15.8 Å². The third kappa shape index (κ3) is 4.88. The van der Waals surface area contributed by atoms with Crippen LogP contribution < -0.4 is 5.32 Å². The van der Waals surface area contributed by atoms with Crippen LogP contribution in [0.4, 0.5) is 5.69 Å². The first-order chi connectivity index (χ1) is 11.4. The summed E-state index contributed by atoms with van der Waals surface area (Å²) in [5.41, 5.74) is 0.618. The van der Waals surface area contributed by atoms with Crippen LogP contribution in [0.15, 0.2) is 23.4 Å². The summed E-state index contributed by atoms with van der Waals surface area (Å²) >= 11 is 13.2. The average molecular weight is 387 g/mol. The van der Waals surface area contributed by atoms with Crippen LogP contribution in [0.3, 0.4) is 0 Å². The fourth-order valence-electron chi connectivity index (χ4n) is 2.17. The van der Waals surface area contributed by atoms with E-state index in [9.17, 15) is 4.79 Å². The smallest absolute Gasteiger partial charge is 0.234 e. The molecule has 2 rings (SSSR count). The maximum Gasteiger partial charge on any atom is 0.234 e. The van der Waals surface area contributed by atoms with Gasteiger partial charge in [0.2, 0.25) is 5.91 Å². The van der Waals surface area contributed by atoms with Crippen LogP contribution in [-0.4, -0.2) is 26.4 Å². The Balaban J connectivity index is 1.99. The van der Waals surface area contributed by atoms with E-state index in [1.54, 1.807) is 18.2 Å². The Bertz CT molecular complexity index is 718. The molecule has 1 N–H and O–H groups in total. The number of hydrogen-bond donors (Lipinski definition) is 1. The number of thioether (sulfide) groups is 1. The van der Waals surface area contributed by atoms with Crippen LogP contribution in [0.1, 0.15) is 38.9 Å².